The van der Waals surface area contributed by atoms with Crippen LogP contribution in [0, 0.1) is 11.7 Å². The largest absolute Gasteiger partial charge is 0.497 e. The van der Waals surface area contributed by atoms with E-state index in [1.807, 2.05) is 0 Å². The zero-order valence-electron chi connectivity index (χ0n) is 24.1. The van der Waals surface area contributed by atoms with Gasteiger partial charge in [-0.1, -0.05) is 13.0 Å². The van der Waals surface area contributed by atoms with Crippen molar-refractivity contribution in [3.05, 3.63) is 78.1 Å². The summed E-state index contributed by atoms with van der Waals surface area (Å²) in [4.78, 5) is 15.0. The normalized spacial score (nSPS) is 18.3. The summed E-state index contributed by atoms with van der Waals surface area (Å²) in [6.45, 7) is 3.10. The number of ether oxygens (including phenoxy) is 2. The van der Waals surface area contributed by atoms with Crippen LogP contribution in [0.15, 0.2) is 76.5 Å². The van der Waals surface area contributed by atoms with Gasteiger partial charge < -0.3 is 19.5 Å². The van der Waals surface area contributed by atoms with Crippen LogP contribution in [0.25, 0.3) is 0 Å². The lowest BCUT2D eigenvalue weighted by molar-refractivity contribution is 0.0389. The third-order valence-electron chi connectivity index (χ3n) is 7.26. The molecule has 0 aliphatic carbocycles. The number of anilines is 1. The molecule has 0 fully saturated rings. The average molecular weight is 636 g/mol. The fourth-order valence-electron chi connectivity index (χ4n) is 4.64. The fraction of sp³-hybridized carbons (Fsp3) is 0.345. The Labute approximate surface area is 250 Å². The fourth-order valence-corrected chi connectivity index (χ4v) is 6.88. The first-order chi connectivity index (χ1) is 20.3. The second-order valence-corrected chi connectivity index (χ2v) is 14.1. The minimum Gasteiger partial charge on any atom is -0.497 e. The van der Waals surface area contributed by atoms with Gasteiger partial charge >= 0.3 is 0 Å². The molecule has 0 spiro atoms. The Bertz CT molecular complexity index is 1670. The Hall–Kier alpha value is -3.72. The van der Waals surface area contributed by atoms with Crippen molar-refractivity contribution >= 4 is 31.6 Å². The number of likely N-dealkylation sites (N-methyl/N-ethyl adjacent to an activating group) is 1. The predicted octanol–water partition coefficient (Wildman–Crippen LogP) is 3.18. The standard InChI is InChI=1S/C29H34FN3O8S2/c1-19-16-33(20(2)18-34)29(35)25-6-5-7-26(31-42(36,37)23-12-8-21(30)9-13-23)28(25)41-27(19)17-32(3)43(38,39)24-14-10-22(40-4)11-15-24/h5-15,19-20,27,31,34H,16-18H2,1-4H3/t19-,20+,27+/m0/s1. The van der Waals surface area contributed by atoms with Crippen LogP contribution in [0.4, 0.5) is 10.1 Å². The van der Waals surface area contributed by atoms with Crippen molar-refractivity contribution in [2.45, 2.75) is 35.8 Å². The lowest BCUT2D eigenvalue weighted by Crippen LogP contribution is -2.50. The number of carbonyl (C=O) groups excluding carboxylic acids is 1. The molecule has 1 aliphatic heterocycles. The minimum absolute atomic E-state index is 0.0252. The molecule has 0 radical (unpaired) electrons. The van der Waals surface area contributed by atoms with Gasteiger partial charge in [0, 0.05) is 19.5 Å². The summed E-state index contributed by atoms with van der Waals surface area (Å²) in [6, 6.07) is 13.9. The number of halogens is 1. The van der Waals surface area contributed by atoms with E-state index in [0.29, 0.717) is 5.75 Å². The number of sulfonamides is 2. The summed E-state index contributed by atoms with van der Waals surface area (Å²) >= 11 is 0. The molecule has 3 atom stereocenters. The predicted molar refractivity (Wildman–Crippen MR) is 158 cm³/mol. The maximum absolute atomic E-state index is 13.7. The molecule has 0 unspecified atom stereocenters. The number of para-hydroxylation sites is 1. The SMILES string of the molecule is COc1ccc(S(=O)(=O)N(C)C[C@H]2Oc3c(NS(=O)(=O)c4ccc(F)cc4)cccc3C(=O)N([C@H](C)CO)C[C@@H]2C)cc1. The molecule has 43 heavy (non-hydrogen) atoms. The third-order valence-corrected chi connectivity index (χ3v) is 10.5. The number of methoxy groups -OCH3 is 1. The number of hydrogen-bond donors (Lipinski definition) is 2. The summed E-state index contributed by atoms with van der Waals surface area (Å²) in [5.74, 6) is -1.17. The van der Waals surface area contributed by atoms with Gasteiger partial charge in [0.15, 0.2) is 5.75 Å². The molecule has 1 heterocycles. The Kier molecular flexibility index (Phi) is 9.64. The van der Waals surface area contributed by atoms with Gasteiger partial charge in [-0.3, -0.25) is 9.52 Å². The van der Waals surface area contributed by atoms with Gasteiger partial charge in [0.1, 0.15) is 17.7 Å². The molecule has 3 aromatic rings. The summed E-state index contributed by atoms with van der Waals surface area (Å²) in [5, 5.41) is 9.90. The molecular weight excluding hydrogens is 601 g/mol. The Balaban J connectivity index is 1.74. The molecule has 0 aromatic heterocycles. The van der Waals surface area contributed by atoms with E-state index in [9.17, 15) is 31.1 Å². The highest BCUT2D eigenvalue weighted by Crippen LogP contribution is 2.36. The van der Waals surface area contributed by atoms with E-state index >= 15 is 0 Å². The van der Waals surface area contributed by atoms with Crippen molar-refractivity contribution < 1.29 is 40.6 Å². The zero-order valence-corrected chi connectivity index (χ0v) is 25.7. The highest BCUT2D eigenvalue weighted by atomic mass is 32.2. The molecule has 11 nitrogen and oxygen atoms in total. The summed E-state index contributed by atoms with van der Waals surface area (Å²) in [6.07, 6.45) is -0.852. The van der Waals surface area contributed by atoms with Crippen LogP contribution in [0.1, 0.15) is 24.2 Å². The molecule has 0 bridgehead atoms. The van der Waals surface area contributed by atoms with Crippen LogP contribution >= 0.6 is 0 Å². The second kappa shape index (κ2) is 12.9. The Morgan fingerprint density at radius 2 is 1.70 bits per heavy atom. The first-order valence-corrected chi connectivity index (χ1v) is 16.3. The molecule has 0 saturated carbocycles. The van der Waals surface area contributed by atoms with Gasteiger partial charge in [-0.25, -0.2) is 21.2 Å². The van der Waals surface area contributed by atoms with Crippen LogP contribution in [0.2, 0.25) is 0 Å². The summed E-state index contributed by atoms with van der Waals surface area (Å²) in [5.41, 5.74) is -0.0382. The molecule has 232 valence electrons. The average Bonchev–Trinajstić information content (AvgIpc) is 2.98. The Morgan fingerprint density at radius 1 is 1.07 bits per heavy atom. The topological polar surface area (TPSA) is 143 Å². The van der Waals surface area contributed by atoms with Crippen LogP contribution in [-0.2, 0) is 20.0 Å². The molecule has 0 saturated heterocycles. The lowest BCUT2D eigenvalue weighted by Gasteiger charge is -2.38. The van der Waals surface area contributed by atoms with Gasteiger partial charge in [-0.15, -0.1) is 0 Å². The maximum atomic E-state index is 13.7. The second-order valence-electron chi connectivity index (χ2n) is 10.3. The number of fused-ring (bicyclic) bond motifs is 1. The van der Waals surface area contributed by atoms with E-state index in [0.717, 1.165) is 28.6 Å². The zero-order chi connectivity index (χ0) is 31.5. The van der Waals surface area contributed by atoms with E-state index in [1.165, 1.54) is 61.5 Å². The van der Waals surface area contributed by atoms with Crippen molar-refractivity contribution in [3.63, 3.8) is 0 Å². The van der Waals surface area contributed by atoms with Crippen molar-refractivity contribution in [2.75, 3.05) is 38.6 Å². The monoisotopic (exact) mass is 635 g/mol. The van der Waals surface area contributed by atoms with Crippen LogP contribution in [0.3, 0.4) is 0 Å². The van der Waals surface area contributed by atoms with Gasteiger partial charge in [-0.2, -0.15) is 4.31 Å². The molecule has 4 rings (SSSR count). The van der Waals surface area contributed by atoms with E-state index in [4.69, 9.17) is 9.47 Å². The number of carbonyl (C=O) groups is 1. The highest BCUT2D eigenvalue weighted by Gasteiger charge is 2.36. The smallest absolute Gasteiger partial charge is 0.262 e. The van der Waals surface area contributed by atoms with Crippen molar-refractivity contribution in [1.82, 2.24) is 9.21 Å². The van der Waals surface area contributed by atoms with E-state index < -0.39 is 49.8 Å². The summed E-state index contributed by atoms with van der Waals surface area (Å²) in [7, 11) is -5.33. The van der Waals surface area contributed by atoms with Crippen molar-refractivity contribution in [1.29, 1.82) is 0 Å². The van der Waals surface area contributed by atoms with Gasteiger partial charge in [0.2, 0.25) is 10.0 Å². The Morgan fingerprint density at radius 3 is 2.30 bits per heavy atom. The molecule has 1 aliphatic rings. The van der Waals surface area contributed by atoms with Crippen molar-refractivity contribution in [2.24, 2.45) is 5.92 Å². The van der Waals surface area contributed by atoms with E-state index in [-0.39, 0.29) is 46.5 Å². The van der Waals surface area contributed by atoms with Crippen LogP contribution < -0.4 is 14.2 Å². The van der Waals surface area contributed by atoms with Gasteiger partial charge in [0.25, 0.3) is 15.9 Å². The highest BCUT2D eigenvalue weighted by molar-refractivity contribution is 7.92. The van der Waals surface area contributed by atoms with Gasteiger partial charge in [-0.05, 0) is 67.6 Å². The molecular formula is C29H34FN3O8S2. The lowest BCUT2D eigenvalue weighted by atomic mass is 9.99. The maximum Gasteiger partial charge on any atom is 0.262 e. The van der Waals surface area contributed by atoms with E-state index in [1.54, 1.807) is 13.8 Å². The first kappa shape index (κ1) is 32.2. The number of amides is 1. The van der Waals surface area contributed by atoms with Crippen molar-refractivity contribution in [3.8, 4) is 11.5 Å². The number of rotatable bonds is 10. The van der Waals surface area contributed by atoms with Gasteiger partial charge in [0.05, 0.1) is 47.3 Å². The number of nitrogens with one attached hydrogen (secondary N) is 1. The minimum atomic E-state index is -4.23. The number of benzene rings is 3. The van der Waals surface area contributed by atoms with Crippen LogP contribution in [-0.4, -0.2) is 83.1 Å². The molecule has 14 heteroatoms. The number of hydrogen-bond acceptors (Lipinski definition) is 8. The van der Waals surface area contributed by atoms with E-state index in [2.05, 4.69) is 4.72 Å². The third kappa shape index (κ3) is 6.93. The molecule has 3 aromatic carbocycles. The quantitative estimate of drug-likeness (QED) is 0.346. The number of aliphatic hydroxyl groups excluding tert-OH is 1. The first-order valence-electron chi connectivity index (χ1n) is 13.4. The summed E-state index contributed by atoms with van der Waals surface area (Å²) < 4.78 is 81.7. The van der Waals surface area contributed by atoms with Crippen LogP contribution in [0.5, 0.6) is 11.5 Å². The molecule has 1 amide bonds. The number of aliphatic hydroxyl groups is 1. The molecule has 2 N–H and O–H groups in total. The number of nitrogens with zero attached hydrogens (tertiary/aromatic N) is 2.